The third-order valence-electron chi connectivity index (χ3n) is 5.10. The number of sulfone groups is 1. The maximum absolute atomic E-state index is 12.6. The number of piperidine rings is 1. The molecule has 2 saturated heterocycles. The molecular formula is C18H26N2O4S. The number of likely N-dealkylation sites (tertiary alicyclic amines) is 1. The van der Waals surface area contributed by atoms with Crippen LogP contribution >= 0.6 is 0 Å². The van der Waals surface area contributed by atoms with Crippen LogP contribution in [0.1, 0.15) is 31.2 Å². The predicted octanol–water partition coefficient (Wildman–Crippen LogP) is 0.707. The highest BCUT2D eigenvalue weighted by Gasteiger charge is 2.41. The van der Waals surface area contributed by atoms with Crippen LogP contribution in [0.2, 0.25) is 0 Å². The molecule has 0 radical (unpaired) electrons. The van der Waals surface area contributed by atoms with Crippen molar-refractivity contribution in [2.24, 2.45) is 0 Å². The Labute approximate surface area is 149 Å². The fourth-order valence-corrected chi connectivity index (χ4v) is 5.60. The van der Waals surface area contributed by atoms with Crippen LogP contribution in [0.5, 0.6) is 0 Å². The van der Waals surface area contributed by atoms with Crippen molar-refractivity contribution in [1.82, 2.24) is 10.2 Å². The Morgan fingerprint density at radius 1 is 1.28 bits per heavy atom. The number of rotatable bonds is 5. The number of aliphatic hydroxyl groups is 1. The largest absolute Gasteiger partial charge is 0.387 e. The molecule has 2 fully saturated rings. The first-order valence-corrected chi connectivity index (χ1v) is 10.7. The molecule has 0 saturated carbocycles. The Kier molecular flexibility index (Phi) is 5.46. The lowest BCUT2D eigenvalue weighted by Gasteiger charge is -2.35. The van der Waals surface area contributed by atoms with Gasteiger partial charge in [0.1, 0.15) is 0 Å². The van der Waals surface area contributed by atoms with E-state index >= 15 is 0 Å². The van der Waals surface area contributed by atoms with E-state index in [1.54, 1.807) is 0 Å². The predicted molar refractivity (Wildman–Crippen MR) is 95.7 cm³/mol. The molecular weight excluding hydrogens is 340 g/mol. The van der Waals surface area contributed by atoms with E-state index < -0.39 is 15.4 Å². The summed E-state index contributed by atoms with van der Waals surface area (Å²) in [4.78, 5) is 14.8. The number of hydrogen-bond acceptors (Lipinski definition) is 5. The van der Waals surface area contributed by atoms with E-state index in [2.05, 4.69) is 22.3 Å². The molecule has 0 aromatic heterocycles. The lowest BCUT2D eigenvalue weighted by atomic mass is 9.99. The smallest absolute Gasteiger partial charge is 0.237 e. The summed E-state index contributed by atoms with van der Waals surface area (Å²) in [5, 5.41) is 13.2. The van der Waals surface area contributed by atoms with Crippen molar-refractivity contribution in [1.29, 1.82) is 0 Å². The summed E-state index contributed by atoms with van der Waals surface area (Å²) >= 11 is 0. The van der Waals surface area contributed by atoms with E-state index in [1.165, 1.54) is 5.56 Å². The number of hydrogen-bond donors (Lipinski definition) is 2. The quantitative estimate of drug-likeness (QED) is 0.801. The molecule has 3 rings (SSSR count). The van der Waals surface area contributed by atoms with Gasteiger partial charge in [0.25, 0.3) is 0 Å². The van der Waals surface area contributed by atoms with Crippen molar-refractivity contribution in [2.45, 2.75) is 43.9 Å². The second-order valence-electron chi connectivity index (χ2n) is 7.25. The SMILES string of the molecule is O=C(NCC1(O)CCS(=O)(=O)C1)C1CCCCN1Cc1ccccc1. The molecule has 2 unspecified atom stereocenters. The molecule has 0 spiro atoms. The number of amides is 1. The third-order valence-corrected chi connectivity index (χ3v) is 6.91. The zero-order valence-electron chi connectivity index (χ0n) is 14.4. The molecule has 1 aromatic rings. The molecule has 0 bridgehead atoms. The number of carbonyl (C=O) groups is 1. The molecule has 1 amide bonds. The van der Waals surface area contributed by atoms with Crippen molar-refractivity contribution < 1.29 is 18.3 Å². The van der Waals surface area contributed by atoms with Gasteiger partial charge < -0.3 is 10.4 Å². The lowest BCUT2D eigenvalue weighted by molar-refractivity contribution is -0.129. The van der Waals surface area contributed by atoms with Crippen LogP contribution in [-0.4, -0.2) is 60.6 Å². The maximum atomic E-state index is 12.6. The van der Waals surface area contributed by atoms with E-state index in [4.69, 9.17) is 0 Å². The first-order chi connectivity index (χ1) is 11.9. The maximum Gasteiger partial charge on any atom is 0.237 e. The monoisotopic (exact) mass is 366 g/mol. The van der Waals surface area contributed by atoms with Crippen LogP contribution in [0.3, 0.4) is 0 Å². The van der Waals surface area contributed by atoms with Crippen molar-refractivity contribution in [3.63, 3.8) is 0 Å². The van der Waals surface area contributed by atoms with Gasteiger partial charge in [-0.1, -0.05) is 36.8 Å². The van der Waals surface area contributed by atoms with Gasteiger partial charge in [0.15, 0.2) is 9.84 Å². The van der Waals surface area contributed by atoms with Gasteiger partial charge in [-0.05, 0) is 31.4 Å². The Balaban J connectivity index is 1.59. The summed E-state index contributed by atoms with van der Waals surface area (Å²) < 4.78 is 23.1. The normalized spacial score (nSPS) is 29.4. The second-order valence-corrected chi connectivity index (χ2v) is 9.44. The van der Waals surface area contributed by atoms with E-state index in [-0.39, 0.29) is 36.4 Å². The number of carbonyl (C=O) groups excluding carboxylic acids is 1. The van der Waals surface area contributed by atoms with E-state index in [9.17, 15) is 18.3 Å². The highest BCUT2D eigenvalue weighted by molar-refractivity contribution is 7.91. The van der Waals surface area contributed by atoms with Crippen LogP contribution < -0.4 is 5.32 Å². The Bertz CT molecular complexity index is 707. The van der Waals surface area contributed by atoms with Crippen LogP contribution in [0, 0.1) is 0 Å². The van der Waals surface area contributed by atoms with Crippen molar-refractivity contribution in [3.8, 4) is 0 Å². The standard InChI is InChI=1S/C18H26N2O4S/c21-17(19-13-18(22)9-11-25(23,24)14-18)16-8-4-5-10-20(16)12-15-6-2-1-3-7-15/h1-3,6-7,16,22H,4-5,8-14H2,(H,19,21). The molecule has 7 heteroatoms. The van der Waals surface area contributed by atoms with Gasteiger partial charge >= 0.3 is 0 Å². The summed E-state index contributed by atoms with van der Waals surface area (Å²) in [7, 11) is -3.19. The fraction of sp³-hybridized carbons (Fsp3) is 0.611. The number of benzene rings is 1. The number of nitrogens with one attached hydrogen (secondary N) is 1. The average molecular weight is 366 g/mol. The van der Waals surface area contributed by atoms with E-state index in [0.717, 1.165) is 32.4 Å². The molecule has 25 heavy (non-hydrogen) atoms. The van der Waals surface area contributed by atoms with Crippen LogP contribution in [0.15, 0.2) is 30.3 Å². The molecule has 138 valence electrons. The minimum atomic E-state index is -3.19. The fourth-order valence-electron chi connectivity index (χ4n) is 3.70. The zero-order valence-corrected chi connectivity index (χ0v) is 15.2. The molecule has 6 nitrogen and oxygen atoms in total. The minimum Gasteiger partial charge on any atom is -0.387 e. The Morgan fingerprint density at radius 3 is 2.72 bits per heavy atom. The first kappa shape index (κ1) is 18.4. The summed E-state index contributed by atoms with van der Waals surface area (Å²) in [5.74, 6) is -0.393. The van der Waals surface area contributed by atoms with Crippen LogP contribution in [0.25, 0.3) is 0 Å². The van der Waals surface area contributed by atoms with Gasteiger partial charge in [0, 0.05) is 13.1 Å². The zero-order chi connectivity index (χ0) is 17.9. The first-order valence-electron chi connectivity index (χ1n) is 8.85. The van der Waals surface area contributed by atoms with Crippen molar-refractivity contribution in [3.05, 3.63) is 35.9 Å². The Hall–Kier alpha value is -1.44. The summed E-state index contributed by atoms with van der Waals surface area (Å²) in [6.45, 7) is 1.59. The molecule has 2 aliphatic heterocycles. The van der Waals surface area contributed by atoms with Gasteiger partial charge in [0.05, 0.1) is 23.1 Å². The molecule has 2 heterocycles. The van der Waals surface area contributed by atoms with Gasteiger partial charge in [-0.2, -0.15) is 0 Å². The highest BCUT2D eigenvalue weighted by atomic mass is 32.2. The van der Waals surface area contributed by atoms with E-state index in [0.29, 0.717) is 0 Å². The number of nitrogens with zero attached hydrogens (tertiary/aromatic N) is 1. The molecule has 1 aromatic carbocycles. The summed E-state index contributed by atoms with van der Waals surface area (Å²) in [5.41, 5.74) is -0.157. The molecule has 2 aliphatic rings. The molecule has 0 aliphatic carbocycles. The molecule has 2 N–H and O–H groups in total. The lowest BCUT2D eigenvalue weighted by Crippen LogP contribution is -2.52. The average Bonchev–Trinajstić information content (AvgIpc) is 2.88. The second kappa shape index (κ2) is 7.43. The van der Waals surface area contributed by atoms with Gasteiger partial charge in [0.2, 0.25) is 5.91 Å². The van der Waals surface area contributed by atoms with Gasteiger partial charge in [-0.3, -0.25) is 9.69 Å². The van der Waals surface area contributed by atoms with E-state index in [1.807, 2.05) is 18.2 Å². The topological polar surface area (TPSA) is 86.7 Å². The van der Waals surface area contributed by atoms with Gasteiger partial charge in [-0.25, -0.2) is 8.42 Å². The highest BCUT2D eigenvalue weighted by Crippen LogP contribution is 2.23. The van der Waals surface area contributed by atoms with Gasteiger partial charge in [-0.15, -0.1) is 0 Å². The Morgan fingerprint density at radius 2 is 2.04 bits per heavy atom. The summed E-state index contributed by atoms with van der Waals surface area (Å²) in [6, 6.07) is 9.83. The van der Waals surface area contributed by atoms with Crippen molar-refractivity contribution >= 4 is 15.7 Å². The third kappa shape index (κ3) is 4.80. The van der Waals surface area contributed by atoms with Crippen LogP contribution in [-0.2, 0) is 21.2 Å². The van der Waals surface area contributed by atoms with Crippen molar-refractivity contribution in [2.75, 3.05) is 24.6 Å². The minimum absolute atomic E-state index is 0.000734. The summed E-state index contributed by atoms with van der Waals surface area (Å²) in [6.07, 6.45) is 3.05. The van der Waals surface area contributed by atoms with Crippen LogP contribution in [0.4, 0.5) is 0 Å². The molecule has 2 atom stereocenters.